The van der Waals surface area contributed by atoms with Crippen LogP contribution in [0.4, 0.5) is 14.6 Å². The quantitative estimate of drug-likeness (QED) is 0.656. The van der Waals surface area contributed by atoms with Gasteiger partial charge in [-0.2, -0.15) is 0 Å². The summed E-state index contributed by atoms with van der Waals surface area (Å²) in [6.45, 7) is 0. The lowest BCUT2D eigenvalue weighted by Gasteiger charge is -2.24. The highest BCUT2D eigenvalue weighted by molar-refractivity contribution is 7.98. The van der Waals surface area contributed by atoms with Crippen molar-refractivity contribution in [3.8, 4) is 0 Å². The normalized spacial score (nSPS) is 17.0. The van der Waals surface area contributed by atoms with E-state index in [4.69, 9.17) is 0 Å². The first-order valence-corrected chi connectivity index (χ1v) is 7.65. The lowest BCUT2D eigenvalue weighted by atomic mass is 9.86. The van der Waals surface area contributed by atoms with Crippen LogP contribution in [0.1, 0.15) is 23.5 Å². The summed E-state index contributed by atoms with van der Waals surface area (Å²) in [6, 6.07) is 3.43. The summed E-state index contributed by atoms with van der Waals surface area (Å²) in [5, 5.41) is 2.80. The lowest BCUT2D eigenvalue weighted by Crippen LogP contribution is -2.32. The van der Waals surface area contributed by atoms with E-state index in [-0.39, 0.29) is 23.4 Å². The molecule has 2 aromatic rings. The molecule has 114 valence electrons. The number of hydrogen-bond acceptors (Lipinski definition) is 4. The first-order valence-electron chi connectivity index (χ1n) is 6.43. The number of thioether (sulfide) groups is 1. The first kappa shape index (κ1) is 14.7. The van der Waals surface area contributed by atoms with Crippen molar-refractivity contribution in [1.29, 1.82) is 0 Å². The molecular formula is C14H11F2N3O2S. The molecule has 1 aromatic heterocycles. The molecule has 1 atom stereocenters. The number of H-pyrrole nitrogens is 1. The Morgan fingerprint density at radius 2 is 1.91 bits per heavy atom. The van der Waals surface area contributed by atoms with Crippen LogP contribution in [0, 0.1) is 11.6 Å². The first-order chi connectivity index (χ1) is 10.5. The van der Waals surface area contributed by atoms with Crippen molar-refractivity contribution >= 4 is 23.5 Å². The molecule has 0 fully saturated rings. The topological polar surface area (TPSA) is 74.8 Å². The van der Waals surface area contributed by atoms with E-state index in [1.54, 1.807) is 6.26 Å². The molecule has 22 heavy (non-hydrogen) atoms. The fourth-order valence-corrected chi connectivity index (χ4v) is 2.91. The van der Waals surface area contributed by atoms with E-state index in [1.807, 2.05) is 0 Å². The van der Waals surface area contributed by atoms with Crippen molar-refractivity contribution in [3.63, 3.8) is 0 Å². The zero-order valence-corrected chi connectivity index (χ0v) is 12.3. The summed E-state index contributed by atoms with van der Waals surface area (Å²) in [7, 11) is 0. The number of amides is 1. The number of nitrogens with one attached hydrogen (secondary N) is 2. The Labute approximate surface area is 128 Å². The van der Waals surface area contributed by atoms with Gasteiger partial charge in [0.2, 0.25) is 5.91 Å². The van der Waals surface area contributed by atoms with Gasteiger partial charge in [0.15, 0.2) is 5.16 Å². The number of carbonyl (C=O) groups excluding carboxylic acids is 1. The minimum absolute atomic E-state index is 0.0528. The molecule has 0 aliphatic carbocycles. The lowest BCUT2D eigenvalue weighted by molar-refractivity contribution is -0.116. The number of benzene rings is 1. The average molecular weight is 323 g/mol. The second kappa shape index (κ2) is 5.53. The van der Waals surface area contributed by atoms with Gasteiger partial charge in [0.25, 0.3) is 5.56 Å². The Kier molecular flexibility index (Phi) is 3.69. The van der Waals surface area contributed by atoms with Crippen LogP contribution in [0.25, 0.3) is 0 Å². The van der Waals surface area contributed by atoms with Gasteiger partial charge in [-0.15, -0.1) is 0 Å². The van der Waals surface area contributed by atoms with Crippen molar-refractivity contribution in [1.82, 2.24) is 9.97 Å². The number of carbonyl (C=O) groups is 1. The predicted octanol–water partition coefficient (Wildman–Crippen LogP) is 2.24. The van der Waals surface area contributed by atoms with Crippen molar-refractivity contribution in [3.05, 3.63) is 51.3 Å². The fourth-order valence-electron chi connectivity index (χ4n) is 2.54. The summed E-state index contributed by atoms with van der Waals surface area (Å²) in [5.74, 6) is -2.97. The molecule has 0 spiro atoms. The van der Waals surface area contributed by atoms with Crippen LogP contribution in [-0.2, 0) is 4.79 Å². The van der Waals surface area contributed by atoms with Gasteiger partial charge in [-0.3, -0.25) is 9.59 Å². The minimum Gasteiger partial charge on any atom is -0.310 e. The molecule has 0 bridgehead atoms. The van der Waals surface area contributed by atoms with Crippen LogP contribution in [-0.4, -0.2) is 22.1 Å². The van der Waals surface area contributed by atoms with Crippen LogP contribution in [0.15, 0.2) is 28.2 Å². The van der Waals surface area contributed by atoms with Crippen LogP contribution in [0.3, 0.4) is 0 Å². The molecule has 1 unspecified atom stereocenters. The van der Waals surface area contributed by atoms with Gasteiger partial charge in [-0.25, -0.2) is 13.8 Å². The van der Waals surface area contributed by atoms with Crippen LogP contribution in [0.5, 0.6) is 0 Å². The number of anilines is 1. The fraction of sp³-hybridized carbons (Fsp3) is 0.214. The molecule has 3 rings (SSSR count). The molecular weight excluding hydrogens is 312 g/mol. The minimum atomic E-state index is -1.00. The maximum atomic E-state index is 14.0. The van der Waals surface area contributed by atoms with E-state index in [9.17, 15) is 18.4 Å². The number of rotatable bonds is 2. The second-order valence-electron chi connectivity index (χ2n) is 4.78. The van der Waals surface area contributed by atoms with Crippen LogP contribution < -0.4 is 10.9 Å². The molecule has 0 saturated carbocycles. The number of nitrogens with zero attached hydrogens (tertiary/aromatic N) is 1. The van der Waals surface area contributed by atoms with Gasteiger partial charge in [0.05, 0.1) is 5.56 Å². The van der Waals surface area contributed by atoms with Crippen LogP contribution in [0.2, 0.25) is 0 Å². The standard InChI is InChI=1S/C14H11F2N3O2S/c1-22-14-18-12-11(13(21)19-14)6(5-9(20)17-12)10-7(15)3-2-4-8(10)16/h2-4,6H,5H2,1H3,(H2,17,18,19,20,21). The van der Waals surface area contributed by atoms with Gasteiger partial charge >= 0.3 is 0 Å². The Balaban J connectivity index is 2.25. The Bertz CT molecular complexity index is 802. The predicted molar refractivity (Wildman–Crippen MR) is 78.1 cm³/mol. The average Bonchev–Trinajstić information content (AvgIpc) is 2.45. The molecule has 5 nitrogen and oxygen atoms in total. The monoisotopic (exact) mass is 323 g/mol. The molecule has 1 aromatic carbocycles. The third-order valence-corrected chi connectivity index (χ3v) is 4.05. The van der Waals surface area contributed by atoms with Gasteiger partial charge in [-0.05, 0) is 18.4 Å². The van der Waals surface area contributed by atoms with E-state index >= 15 is 0 Å². The highest BCUT2D eigenvalue weighted by atomic mass is 32.2. The summed E-state index contributed by atoms with van der Waals surface area (Å²) in [5.41, 5.74) is -0.730. The summed E-state index contributed by atoms with van der Waals surface area (Å²) < 4.78 is 28.0. The molecule has 0 saturated heterocycles. The maximum Gasteiger partial charge on any atom is 0.257 e. The molecule has 0 radical (unpaired) electrons. The largest absolute Gasteiger partial charge is 0.310 e. The number of halogens is 2. The van der Waals surface area contributed by atoms with E-state index in [0.29, 0.717) is 5.16 Å². The number of fused-ring (bicyclic) bond motifs is 1. The molecule has 8 heteroatoms. The van der Waals surface area contributed by atoms with E-state index < -0.39 is 29.0 Å². The zero-order chi connectivity index (χ0) is 15.9. The van der Waals surface area contributed by atoms with Crippen molar-refractivity contribution in [2.24, 2.45) is 0 Å². The van der Waals surface area contributed by atoms with Crippen LogP contribution >= 0.6 is 11.8 Å². The Hall–Kier alpha value is -2.22. The molecule has 1 aliphatic rings. The third-order valence-electron chi connectivity index (χ3n) is 3.47. The van der Waals surface area contributed by atoms with Gasteiger partial charge in [0.1, 0.15) is 17.5 Å². The molecule has 2 N–H and O–H groups in total. The smallest absolute Gasteiger partial charge is 0.257 e. The highest BCUT2D eigenvalue weighted by Gasteiger charge is 2.34. The van der Waals surface area contributed by atoms with Crippen molar-refractivity contribution in [2.45, 2.75) is 17.5 Å². The summed E-state index contributed by atoms with van der Waals surface area (Å²) in [4.78, 5) is 30.7. The Morgan fingerprint density at radius 3 is 2.55 bits per heavy atom. The van der Waals surface area contributed by atoms with E-state index in [1.165, 1.54) is 17.8 Å². The van der Waals surface area contributed by atoms with Gasteiger partial charge in [-0.1, -0.05) is 17.8 Å². The number of aromatic nitrogens is 2. The number of aromatic amines is 1. The number of hydrogen-bond donors (Lipinski definition) is 2. The van der Waals surface area contributed by atoms with E-state index in [0.717, 1.165) is 12.1 Å². The van der Waals surface area contributed by atoms with Crippen molar-refractivity contribution in [2.75, 3.05) is 11.6 Å². The van der Waals surface area contributed by atoms with Gasteiger partial charge < -0.3 is 10.3 Å². The Morgan fingerprint density at radius 1 is 1.23 bits per heavy atom. The zero-order valence-electron chi connectivity index (χ0n) is 11.4. The summed E-state index contributed by atoms with van der Waals surface area (Å²) in [6.07, 6.45) is 1.50. The molecule has 1 amide bonds. The maximum absolute atomic E-state index is 14.0. The van der Waals surface area contributed by atoms with Crippen molar-refractivity contribution < 1.29 is 13.6 Å². The van der Waals surface area contributed by atoms with Gasteiger partial charge in [0, 0.05) is 17.9 Å². The SMILES string of the molecule is CSc1nc2c(c(=O)[nH]1)C(c1c(F)cccc1F)CC(=O)N2. The molecule has 2 heterocycles. The van der Waals surface area contributed by atoms with E-state index in [2.05, 4.69) is 15.3 Å². The second-order valence-corrected chi connectivity index (χ2v) is 5.57. The highest BCUT2D eigenvalue weighted by Crippen LogP contribution is 2.36. The molecule has 1 aliphatic heterocycles. The summed E-state index contributed by atoms with van der Waals surface area (Å²) >= 11 is 1.19. The third kappa shape index (κ3) is 2.39.